The number of halogens is 4. The number of carbonyl (C=O) groups is 2. The van der Waals surface area contributed by atoms with Crippen molar-refractivity contribution in [2.75, 3.05) is 38.7 Å². The third-order valence-corrected chi connectivity index (χ3v) is 6.19. The molecule has 0 aromatic heterocycles. The number of hydrogen-bond donors (Lipinski definition) is 5. The van der Waals surface area contributed by atoms with Crippen molar-refractivity contribution in [1.82, 2.24) is 16.0 Å². The molecule has 0 saturated heterocycles. The molecule has 9 nitrogen and oxygen atoms in total. The van der Waals surface area contributed by atoms with Crippen molar-refractivity contribution in [3.8, 4) is 11.5 Å². The van der Waals surface area contributed by atoms with Crippen LogP contribution in [0.5, 0.6) is 11.5 Å². The molecule has 0 fully saturated rings. The van der Waals surface area contributed by atoms with Crippen molar-refractivity contribution in [3.05, 3.63) is 54.1 Å². The molecular weight excluding hydrogens is 560 g/mol. The van der Waals surface area contributed by atoms with E-state index < -0.39 is 48.2 Å². The SMILES string of the molecule is CC[C@@H](CNc1ccc(OCC(=O)NCCO)cc1OC)NC(=O)[C@H](CC(C)(C)F)N[C@@H](c1ccccc1)C(F)(F)F. The van der Waals surface area contributed by atoms with Crippen molar-refractivity contribution in [3.63, 3.8) is 0 Å². The lowest BCUT2D eigenvalue weighted by atomic mass is 9.97. The average molecular weight is 601 g/mol. The van der Waals surface area contributed by atoms with E-state index in [4.69, 9.17) is 14.6 Å². The fourth-order valence-electron chi connectivity index (χ4n) is 4.07. The van der Waals surface area contributed by atoms with Crippen LogP contribution >= 0.6 is 0 Å². The zero-order chi connectivity index (χ0) is 31.3. The summed E-state index contributed by atoms with van der Waals surface area (Å²) in [6.07, 6.45) is -4.77. The topological polar surface area (TPSA) is 121 Å². The highest BCUT2D eigenvalue weighted by Crippen LogP contribution is 2.34. The van der Waals surface area contributed by atoms with Crippen LogP contribution in [0.3, 0.4) is 0 Å². The van der Waals surface area contributed by atoms with Crippen molar-refractivity contribution in [2.24, 2.45) is 0 Å². The van der Waals surface area contributed by atoms with E-state index in [1.54, 1.807) is 31.2 Å². The van der Waals surface area contributed by atoms with Crippen molar-refractivity contribution < 1.29 is 41.7 Å². The van der Waals surface area contributed by atoms with E-state index in [0.29, 0.717) is 23.6 Å². The molecule has 0 aliphatic heterocycles. The van der Waals surface area contributed by atoms with E-state index in [9.17, 15) is 27.2 Å². The van der Waals surface area contributed by atoms with Crippen LogP contribution in [0.25, 0.3) is 0 Å². The first-order valence-corrected chi connectivity index (χ1v) is 13.6. The molecule has 42 heavy (non-hydrogen) atoms. The van der Waals surface area contributed by atoms with E-state index in [1.165, 1.54) is 45.2 Å². The number of methoxy groups -OCH3 is 1. The van der Waals surface area contributed by atoms with Gasteiger partial charge in [-0.25, -0.2) is 4.39 Å². The first kappa shape index (κ1) is 34.6. The number of anilines is 1. The summed E-state index contributed by atoms with van der Waals surface area (Å²) in [6, 6.07) is 7.78. The number of nitrogens with one attached hydrogen (secondary N) is 4. The number of aliphatic hydroxyl groups excluding tert-OH is 1. The van der Waals surface area contributed by atoms with Crippen LogP contribution < -0.4 is 30.7 Å². The predicted molar refractivity (Wildman–Crippen MR) is 151 cm³/mol. The number of aliphatic hydroxyl groups is 1. The normalized spacial score (nSPS) is 13.9. The van der Waals surface area contributed by atoms with E-state index in [1.807, 2.05) is 0 Å². The van der Waals surface area contributed by atoms with Gasteiger partial charge in [0.1, 0.15) is 23.2 Å². The minimum Gasteiger partial charge on any atom is -0.494 e. The highest BCUT2D eigenvalue weighted by molar-refractivity contribution is 5.82. The fraction of sp³-hybridized carbons (Fsp3) is 0.517. The van der Waals surface area contributed by atoms with E-state index >= 15 is 0 Å². The van der Waals surface area contributed by atoms with Gasteiger partial charge in [0.05, 0.1) is 25.4 Å². The third-order valence-electron chi connectivity index (χ3n) is 6.19. The zero-order valence-electron chi connectivity index (χ0n) is 24.2. The van der Waals surface area contributed by atoms with Gasteiger partial charge >= 0.3 is 6.18 Å². The molecule has 0 heterocycles. The molecule has 234 valence electrons. The van der Waals surface area contributed by atoms with Crippen molar-refractivity contribution in [1.29, 1.82) is 0 Å². The van der Waals surface area contributed by atoms with Crippen LogP contribution in [-0.2, 0) is 9.59 Å². The molecule has 2 amide bonds. The third kappa shape index (κ3) is 11.7. The maximum Gasteiger partial charge on any atom is 0.407 e. The summed E-state index contributed by atoms with van der Waals surface area (Å²) >= 11 is 0. The molecule has 0 bridgehead atoms. The van der Waals surface area contributed by atoms with Gasteiger partial charge in [-0.1, -0.05) is 37.3 Å². The lowest BCUT2D eigenvalue weighted by molar-refractivity contribution is -0.161. The molecule has 13 heteroatoms. The summed E-state index contributed by atoms with van der Waals surface area (Å²) in [5.74, 6) is -0.410. The molecule has 0 radical (unpaired) electrons. The number of ether oxygens (including phenoxy) is 2. The summed E-state index contributed by atoms with van der Waals surface area (Å²) in [4.78, 5) is 24.9. The minimum atomic E-state index is -4.72. The highest BCUT2D eigenvalue weighted by Gasteiger charge is 2.43. The maximum absolute atomic E-state index is 14.6. The number of benzene rings is 2. The summed E-state index contributed by atoms with van der Waals surface area (Å²) < 4.78 is 67.4. The number of amides is 2. The Bertz CT molecular complexity index is 1130. The molecule has 5 N–H and O–H groups in total. The Morgan fingerprint density at radius 1 is 1.05 bits per heavy atom. The van der Waals surface area contributed by atoms with Gasteiger partial charge in [0.2, 0.25) is 5.91 Å². The Morgan fingerprint density at radius 2 is 1.74 bits per heavy atom. The van der Waals surface area contributed by atoms with E-state index in [-0.39, 0.29) is 31.9 Å². The molecule has 0 spiro atoms. The summed E-state index contributed by atoms with van der Waals surface area (Å²) in [7, 11) is 1.44. The molecule has 0 unspecified atom stereocenters. The number of carbonyl (C=O) groups excluding carboxylic acids is 2. The Labute approximate surface area is 243 Å². The van der Waals surface area contributed by atoms with Gasteiger partial charge in [-0.3, -0.25) is 14.9 Å². The van der Waals surface area contributed by atoms with Gasteiger partial charge in [0.25, 0.3) is 5.91 Å². The van der Waals surface area contributed by atoms with Gasteiger partial charge in [-0.15, -0.1) is 0 Å². The van der Waals surface area contributed by atoms with Gasteiger partial charge in [0.15, 0.2) is 6.61 Å². The quantitative estimate of drug-likeness (QED) is 0.175. The lowest BCUT2D eigenvalue weighted by Crippen LogP contribution is -2.53. The van der Waals surface area contributed by atoms with Crippen molar-refractivity contribution in [2.45, 2.75) is 63.6 Å². The van der Waals surface area contributed by atoms with Gasteiger partial charge in [-0.05, 0) is 38.0 Å². The smallest absolute Gasteiger partial charge is 0.407 e. The molecule has 0 aliphatic carbocycles. The second kappa shape index (κ2) is 16.2. The Morgan fingerprint density at radius 3 is 2.31 bits per heavy atom. The molecule has 3 atom stereocenters. The molecule has 2 aromatic carbocycles. The van der Waals surface area contributed by atoms with Gasteiger partial charge in [0, 0.05) is 31.6 Å². The minimum absolute atomic E-state index is 0.0847. The van der Waals surface area contributed by atoms with Gasteiger partial charge in [-0.2, -0.15) is 13.2 Å². The summed E-state index contributed by atoms with van der Waals surface area (Å²) in [6.45, 7) is 4.07. The van der Waals surface area contributed by atoms with Gasteiger partial charge < -0.3 is 30.5 Å². The highest BCUT2D eigenvalue weighted by atomic mass is 19.4. The van der Waals surface area contributed by atoms with Crippen LogP contribution in [0.1, 0.15) is 45.2 Å². The fourth-order valence-corrected chi connectivity index (χ4v) is 4.07. The lowest BCUT2D eigenvalue weighted by Gasteiger charge is -2.31. The standard InChI is InChI=1S/C29H40F4N4O5/c1-5-20(17-35-22-12-11-21(15-24(22)41-4)42-18-25(39)34-13-14-38)36-27(40)23(16-28(2,3)30)37-26(29(31,32)33)19-9-7-6-8-10-19/h6-12,15,20,23,26,35,37-38H,5,13-14,16-18H2,1-4H3,(H,34,39)(H,36,40)/t20-,23-,26-/m0/s1. The molecule has 0 aliphatic rings. The van der Waals surface area contributed by atoms with Crippen LogP contribution in [-0.4, -0.2) is 74.3 Å². The van der Waals surface area contributed by atoms with Crippen LogP contribution in [0, 0.1) is 0 Å². The molecule has 0 saturated carbocycles. The zero-order valence-corrected chi connectivity index (χ0v) is 24.2. The predicted octanol–water partition coefficient (Wildman–Crippen LogP) is 3.89. The molecular formula is C29H40F4N4O5. The monoisotopic (exact) mass is 600 g/mol. The average Bonchev–Trinajstić information content (AvgIpc) is 2.94. The summed E-state index contributed by atoms with van der Waals surface area (Å²) in [5.41, 5.74) is -1.46. The number of rotatable bonds is 17. The number of hydrogen-bond acceptors (Lipinski definition) is 7. The van der Waals surface area contributed by atoms with Crippen molar-refractivity contribution >= 4 is 17.5 Å². The first-order chi connectivity index (χ1) is 19.8. The largest absolute Gasteiger partial charge is 0.494 e. The number of alkyl halides is 4. The van der Waals surface area contributed by atoms with E-state index in [2.05, 4.69) is 21.3 Å². The second-order valence-corrected chi connectivity index (χ2v) is 10.2. The second-order valence-electron chi connectivity index (χ2n) is 10.2. The van der Waals surface area contributed by atoms with Crippen LogP contribution in [0.15, 0.2) is 48.5 Å². The summed E-state index contributed by atoms with van der Waals surface area (Å²) in [5, 5.41) is 19.5. The van der Waals surface area contributed by atoms with E-state index in [0.717, 1.165) is 0 Å². The first-order valence-electron chi connectivity index (χ1n) is 13.6. The Balaban J connectivity index is 2.11. The maximum atomic E-state index is 14.6. The van der Waals surface area contributed by atoms with Crippen LogP contribution in [0.2, 0.25) is 0 Å². The van der Waals surface area contributed by atoms with Crippen LogP contribution in [0.4, 0.5) is 23.2 Å². The molecule has 2 aromatic rings. The Hall–Kier alpha value is -3.58. The molecule has 2 rings (SSSR count). The Kier molecular flexibility index (Phi) is 13.3.